The van der Waals surface area contributed by atoms with E-state index in [2.05, 4.69) is 0 Å². The maximum atomic E-state index is 12.9. The Morgan fingerprint density at radius 1 is 1.32 bits per heavy atom. The molecule has 1 aromatic heterocycles. The molecule has 0 spiro atoms. The van der Waals surface area contributed by atoms with Gasteiger partial charge in [0.1, 0.15) is 10.6 Å². The van der Waals surface area contributed by atoms with E-state index in [9.17, 15) is 13.2 Å². The molecular weight excluding hydrogens is 302 g/mol. The predicted octanol–water partition coefficient (Wildman–Crippen LogP) is 1.44. The van der Waals surface area contributed by atoms with Crippen LogP contribution in [-0.4, -0.2) is 25.4 Å². The molecule has 0 fully saturated rings. The number of rotatable bonds is 3. The minimum Gasteiger partial charge on any atom is -0.364 e. The summed E-state index contributed by atoms with van der Waals surface area (Å²) >= 11 is 0. The highest BCUT2D eigenvalue weighted by atomic mass is 32.2. The van der Waals surface area contributed by atoms with E-state index in [-0.39, 0.29) is 16.5 Å². The fourth-order valence-corrected chi connectivity index (χ4v) is 4.50. The number of fused-ring (bicyclic) bond motifs is 1. The normalized spacial score (nSPS) is 17.5. The Bertz CT molecular complexity index is 855. The highest BCUT2D eigenvalue weighted by Crippen LogP contribution is 2.39. The summed E-state index contributed by atoms with van der Waals surface area (Å²) < 4.78 is 28.6. The van der Waals surface area contributed by atoms with Crippen molar-refractivity contribution < 1.29 is 13.2 Å². The molecule has 0 radical (unpaired) electrons. The van der Waals surface area contributed by atoms with Crippen LogP contribution in [0.3, 0.4) is 0 Å². The van der Waals surface area contributed by atoms with Crippen LogP contribution >= 0.6 is 0 Å². The average Bonchev–Trinajstić information content (AvgIpc) is 3.01. The van der Waals surface area contributed by atoms with Gasteiger partial charge in [-0.1, -0.05) is 25.1 Å². The third kappa shape index (κ3) is 2.09. The number of anilines is 1. The van der Waals surface area contributed by atoms with Gasteiger partial charge >= 0.3 is 0 Å². The van der Waals surface area contributed by atoms with Gasteiger partial charge < -0.3 is 10.3 Å². The van der Waals surface area contributed by atoms with E-state index in [1.165, 1.54) is 21.1 Å². The third-order valence-electron chi connectivity index (χ3n) is 4.00. The monoisotopic (exact) mass is 319 g/mol. The van der Waals surface area contributed by atoms with Gasteiger partial charge in [0, 0.05) is 25.7 Å². The molecule has 2 heterocycles. The van der Waals surface area contributed by atoms with Crippen molar-refractivity contribution in [1.29, 1.82) is 0 Å². The van der Waals surface area contributed by atoms with Crippen LogP contribution in [-0.2, 0) is 17.1 Å². The number of nitrogens with zero attached hydrogens (tertiary/aromatic N) is 2. The number of carbonyl (C=O) groups excluding carboxylic acids is 1. The zero-order chi connectivity index (χ0) is 16.1. The molecule has 1 amide bonds. The second kappa shape index (κ2) is 4.88. The van der Waals surface area contributed by atoms with Crippen LogP contribution in [0.1, 0.15) is 28.9 Å². The first-order valence-corrected chi connectivity index (χ1v) is 8.34. The van der Waals surface area contributed by atoms with Gasteiger partial charge in [0.15, 0.2) is 0 Å². The first-order valence-electron chi connectivity index (χ1n) is 6.90. The topological polar surface area (TPSA) is 85.4 Å². The molecule has 6 nitrogen and oxygen atoms in total. The Labute approximate surface area is 129 Å². The average molecular weight is 319 g/mol. The summed E-state index contributed by atoms with van der Waals surface area (Å²) in [5.74, 6) is -0.524. The number of para-hydroxylation sites is 1. The fourth-order valence-electron chi connectivity index (χ4n) is 2.85. The lowest BCUT2D eigenvalue weighted by Gasteiger charge is -2.18. The number of sulfonamides is 1. The largest absolute Gasteiger partial charge is 0.364 e. The molecule has 3 rings (SSSR count). The van der Waals surface area contributed by atoms with E-state index in [1.807, 2.05) is 25.1 Å². The summed E-state index contributed by atoms with van der Waals surface area (Å²) in [5, 5.41) is 0. The molecule has 1 unspecified atom stereocenters. The SMILES string of the molecule is CC1CN(S(=O)(=O)c2cc(C(N)=O)n(C)c2)c2ccccc21. The van der Waals surface area contributed by atoms with Gasteiger partial charge in [-0.25, -0.2) is 8.42 Å². The number of amides is 1. The van der Waals surface area contributed by atoms with E-state index in [1.54, 1.807) is 13.1 Å². The van der Waals surface area contributed by atoms with Crippen LogP contribution in [0.25, 0.3) is 0 Å². The summed E-state index contributed by atoms with van der Waals surface area (Å²) in [5.41, 5.74) is 7.13. The summed E-state index contributed by atoms with van der Waals surface area (Å²) in [6.07, 6.45) is 1.42. The Morgan fingerprint density at radius 3 is 2.64 bits per heavy atom. The Kier molecular flexibility index (Phi) is 3.25. The summed E-state index contributed by atoms with van der Waals surface area (Å²) in [6.45, 7) is 2.39. The Balaban J connectivity index is 2.09. The van der Waals surface area contributed by atoms with Crippen LogP contribution in [0.4, 0.5) is 5.69 Å². The van der Waals surface area contributed by atoms with Crippen LogP contribution in [0.2, 0.25) is 0 Å². The Hall–Kier alpha value is -2.28. The molecule has 0 bridgehead atoms. The number of hydrogen-bond acceptors (Lipinski definition) is 3. The molecule has 1 atom stereocenters. The molecule has 2 N–H and O–H groups in total. The summed E-state index contributed by atoms with van der Waals surface area (Å²) in [6, 6.07) is 8.78. The van der Waals surface area contributed by atoms with Gasteiger partial charge in [-0.3, -0.25) is 9.10 Å². The van der Waals surface area contributed by atoms with Crippen molar-refractivity contribution in [1.82, 2.24) is 4.57 Å². The summed E-state index contributed by atoms with van der Waals surface area (Å²) in [7, 11) is -2.12. The summed E-state index contributed by atoms with van der Waals surface area (Å²) in [4.78, 5) is 11.4. The first-order chi connectivity index (χ1) is 10.3. The fraction of sp³-hybridized carbons (Fsp3) is 0.267. The van der Waals surface area contributed by atoms with Crippen LogP contribution in [0.5, 0.6) is 0 Å². The standard InChI is InChI=1S/C15H17N3O3S/c1-10-8-18(13-6-4-3-5-12(10)13)22(20,21)11-7-14(15(16)19)17(2)9-11/h3-7,9-10H,8H2,1-2H3,(H2,16,19). The zero-order valence-corrected chi connectivity index (χ0v) is 13.2. The van der Waals surface area contributed by atoms with Crippen LogP contribution < -0.4 is 10.0 Å². The Morgan fingerprint density at radius 2 is 2.00 bits per heavy atom. The van der Waals surface area contributed by atoms with Crippen LogP contribution in [0, 0.1) is 0 Å². The maximum Gasteiger partial charge on any atom is 0.265 e. The van der Waals surface area contributed by atoms with Gasteiger partial charge in [0.25, 0.3) is 15.9 Å². The molecule has 0 aliphatic carbocycles. The van der Waals surface area contributed by atoms with Crippen molar-refractivity contribution in [2.75, 3.05) is 10.8 Å². The van der Waals surface area contributed by atoms with Gasteiger partial charge in [-0.2, -0.15) is 0 Å². The van der Waals surface area contributed by atoms with Crippen molar-refractivity contribution in [3.05, 3.63) is 47.8 Å². The van der Waals surface area contributed by atoms with Crippen molar-refractivity contribution in [2.45, 2.75) is 17.7 Å². The molecule has 1 aromatic carbocycles. The molecular formula is C15H17N3O3S. The van der Waals surface area contributed by atoms with E-state index in [0.29, 0.717) is 12.2 Å². The second-order valence-corrected chi connectivity index (χ2v) is 7.39. The molecule has 116 valence electrons. The van der Waals surface area contributed by atoms with E-state index in [4.69, 9.17) is 5.73 Å². The lowest BCUT2D eigenvalue weighted by molar-refractivity contribution is 0.0992. The van der Waals surface area contributed by atoms with Crippen molar-refractivity contribution in [2.24, 2.45) is 12.8 Å². The molecule has 0 saturated carbocycles. The van der Waals surface area contributed by atoms with E-state index < -0.39 is 15.9 Å². The van der Waals surface area contributed by atoms with Crippen molar-refractivity contribution >= 4 is 21.6 Å². The number of benzene rings is 1. The molecule has 22 heavy (non-hydrogen) atoms. The van der Waals surface area contributed by atoms with E-state index in [0.717, 1.165) is 5.56 Å². The minimum absolute atomic E-state index is 0.0766. The highest BCUT2D eigenvalue weighted by Gasteiger charge is 2.35. The predicted molar refractivity (Wildman–Crippen MR) is 83.3 cm³/mol. The van der Waals surface area contributed by atoms with Gasteiger partial charge in [-0.15, -0.1) is 0 Å². The van der Waals surface area contributed by atoms with Crippen molar-refractivity contribution in [3.63, 3.8) is 0 Å². The minimum atomic E-state index is -3.72. The van der Waals surface area contributed by atoms with Gasteiger partial charge in [0.2, 0.25) is 0 Å². The lowest BCUT2D eigenvalue weighted by Crippen LogP contribution is -2.29. The number of primary amides is 1. The maximum absolute atomic E-state index is 12.9. The molecule has 7 heteroatoms. The second-order valence-electron chi connectivity index (χ2n) is 5.53. The van der Waals surface area contributed by atoms with E-state index >= 15 is 0 Å². The molecule has 2 aromatic rings. The third-order valence-corrected chi connectivity index (χ3v) is 5.74. The smallest absolute Gasteiger partial charge is 0.265 e. The zero-order valence-electron chi connectivity index (χ0n) is 12.4. The number of hydrogen-bond donors (Lipinski definition) is 1. The molecule has 1 aliphatic rings. The number of aromatic nitrogens is 1. The highest BCUT2D eigenvalue weighted by molar-refractivity contribution is 7.92. The van der Waals surface area contributed by atoms with Crippen LogP contribution in [0.15, 0.2) is 41.4 Å². The van der Waals surface area contributed by atoms with Crippen molar-refractivity contribution in [3.8, 4) is 0 Å². The number of carbonyl (C=O) groups is 1. The number of nitrogens with two attached hydrogens (primary N) is 1. The first kappa shape index (κ1) is 14.6. The molecule has 0 saturated heterocycles. The quantitative estimate of drug-likeness (QED) is 0.929. The van der Waals surface area contributed by atoms with Gasteiger partial charge in [0.05, 0.1) is 5.69 Å². The molecule has 1 aliphatic heterocycles. The number of aryl methyl sites for hydroxylation is 1. The lowest BCUT2D eigenvalue weighted by atomic mass is 10.0. The van der Waals surface area contributed by atoms with Gasteiger partial charge in [-0.05, 0) is 17.7 Å².